The summed E-state index contributed by atoms with van der Waals surface area (Å²) >= 11 is 5.62. The molecule has 0 aliphatic heterocycles. The van der Waals surface area contributed by atoms with Crippen LogP contribution in [0.25, 0.3) is 5.82 Å². The first-order chi connectivity index (χ1) is 7.20. The Hall–Kier alpha value is -1.49. The Kier molecular flexibility index (Phi) is 2.64. The molecule has 0 unspecified atom stereocenters. The Labute approximate surface area is 92.2 Å². The zero-order valence-electron chi connectivity index (χ0n) is 8.48. The Bertz CT molecular complexity index is 462. The normalized spacial score (nSPS) is 10.6. The first-order valence-corrected chi connectivity index (χ1v) is 5.01. The second kappa shape index (κ2) is 3.94. The van der Waals surface area contributed by atoms with E-state index in [9.17, 15) is 0 Å². The van der Waals surface area contributed by atoms with E-state index in [0.717, 1.165) is 17.3 Å². The van der Waals surface area contributed by atoms with Crippen molar-refractivity contribution in [1.29, 1.82) is 0 Å². The summed E-state index contributed by atoms with van der Waals surface area (Å²) in [5.41, 5.74) is 0.745. The molecular weight excluding hydrogens is 214 g/mol. The molecule has 0 fully saturated rings. The Morgan fingerprint density at radius 3 is 2.53 bits per heavy atom. The number of hydrogen-bond acceptors (Lipinski definition) is 4. The summed E-state index contributed by atoms with van der Waals surface area (Å²) in [6.07, 6.45) is 3.28. The molecule has 0 N–H and O–H groups in total. The van der Waals surface area contributed by atoms with Gasteiger partial charge in [0.05, 0.1) is 24.0 Å². The average molecular weight is 224 g/mol. The first-order valence-electron chi connectivity index (χ1n) is 4.48. The molecule has 0 bridgehead atoms. The summed E-state index contributed by atoms with van der Waals surface area (Å²) in [5.74, 6) is 2.53. The van der Waals surface area contributed by atoms with Crippen molar-refractivity contribution in [3.8, 4) is 5.82 Å². The van der Waals surface area contributed by atoms with Gasteiger partial charge in [-0.1, -0.05) is 0 Å². The molecule has 6 heteroatoms. The highest BCUT2D eigenvalue weighted by atomic mass is 35.5. The summed E-state index contributed by atoms with van der Waals surface area (Å²) in [5, 5.41) is 4.21. The highest BCUT2D eigenvalue weighted by Crippen LogP contribution is 2.06. The van der Waals surface area contributed by atoms with Crippen LogP contribution in [0.2, 0.25) is 0 Å². The summed E-state index contributed by atoms with van der Waals surface area (Å²) in [6, 6.07) is 0. The number of hydrogen-bond donors (Lipinski definition) is 0. The molecule has 0 saturated heterocycles. The summed E-state index contributed by atoms with van der Waals surface area (Å²) in [6.45, 7) is 3.71. The minimum atomic E-state index is 0.364. The molecular formula is C9H10ClN5. The molecule has 5 nitrogen and oxygen atoms in total. The molecule has 0 saturated carbocycles. The van der Waals surface area contributed by atoms with Gasteiger partial charge in [0.15, 0.2) is 5.82 Å². The highest BCUT2D eigenvalue weighted by molar-refractivity contribution is 6.16. The summed E-state index contributed by atoms with van der Waals surface area (Å²) < 4.78 is 1.65. The van der Waals surface area contributed by atoms with E-state index in [4.69, 9.17) is 11.6 Å². The lowest BCUT2D eigenvalue weighted by Crippen LogP contribution is -2.03. The van der Waals surface area contributed by atoms with Crippen LogP contribution in [0, 0.1) is 13.8 Å². The van der Waals surface area contributed by atoms with Crippen molar-refractivity contribution < 1.29 is 0 Å². The molecule has 0 radical (unpaired) electrons. The number of aromatic nitrogens is 5. The lowest BCUT2D eigenvalue weighted by atomic mass is 10.5. The van der Waals surface area contributed by atoms with Crippen molar-refractivity contribution in [2.45, 2.75) is 19.7 Å². The third kappa shape index (κ3) is 1.97. The summed E-state index contributed by atoms with van der Waals surface area (Å²) in [7, 11) is 0. The van der Waals surface area contributed by atoms with Crippen molar-refractivity contribution >= 4 is 11.6 Å². The number of rotatable bonds is 2. The van der Waals surface area contributed by atoms with Crippen molar-refractivity contribution in [2.75, 3.05) is 0 Å². The van der Waals surface area contributed by atoms with Gasteiger partial charge in [0.2, 0.25) is 0 Å². The predicted octanol–water partition coefficient (Wildman–Crippen LogP) is 1.41. The molecule has 2 aromatic rings. The lowest BCUT2D eigenvalue weighted by Gasteiger charge is -2.01. The number of alkyl halides is 1. The molecule has 0 aromatic carbocycles. The molecule has 2 rings (SSSR count). The van der Waals surface area contributed by atoms with Crippen LogP contribution in [0.5, 0.6) is 0 Å². The van der Waals surface area contributed by atoms with Crippen LogP contribution in [0.4, 0.5) is 0 Å². The van der Waals surface area contributed by atoms with E-state index >= 15 is 0 Å². The van der Waals surface area contributed by atoms with E-state index in [1.54, 1.807) is 17.1 Å². The first kappa shape index (κ1) is 10.0. The summed E-state index contributed by atoms with van der Waals surface area (Å²) in [4.78, 5) is 12.5. The van der Waals surface area contributed by atoms with E-state index < -0.39 is 0 Å². The van der Waals surface area contributed by atoms with Crippen LogP contribution in [0.3, 0.4) is 0 Å². The van der Waals surface area contributed by atoms with E-state index in [2.05, 4.69) is 20.1 Å². The second-order valence-electron chi connectivity index (χ2n) is 3.12. The molecule has 15 heavy (non-hydrogen) atoms. The van der Waals surface area contributed by atoms with Gasteiger partial charge in [-0.25, -0.2) is 9.97 Å². The van der Waals surface area contributed by atoms with Gasteiger partial charge in [0, 0.05) is 0 Å². The van der Waals surface area contributed by atoms with Gasteiger partial charge >= 0.3 is 0 Å². The highest BCUT2D eigenvalue weighted by Gasteiger charge is 2.06. The fourth-order valence-corrected chi connectivity index (χ4v) is 1.40. The minimum absolute atomic E-state index is 0.364. The second-order valence-corrected chi connectivity index (χ2v) is 3.38. The molecule has 0 atom stereocenters. The monoisotopic (exact) mass is 223 g/mol. The van der Waals surface area contributed by atoms with Crippen molar-refractivity contribution in [1.82, 2.24) is 24.7 Å². The quantitative estimate of drug-likeness (QED) is 0.723. The van der Waals surface area contributed by atoms with Crippen LogP contribution in [-0.4, -0.2) is 24.7 Å². The smallest absolute Gasteiger partial charge is 0.174 e. The standard InChI is InChI=1S/C9H10ClN5/c1-6-13-7(2)15(14-6)9-5-11-8(3-10)4-12-9/h4-5H,3H2,1-2H3. The van der Waals surface area contributed by atoms with Gasteiger partial charge in [-0.2, -0.15) is 4.68 Å². The molecule has 78 valence electrons. The van der Waals surface area contributed by atoms with Crippen LogP contribution < -0.4 is 0 Å². The van der Waals surface area contributed by atoms with Crippen LogP contribution in [0.15, 0.2) is 12.4 Å². The van der Waals surface area contributed by atoms with Crippen LogP contribution in [0.1, 0.15) is 17.3 Å². The van der Waals surface area contributed by atoms with Gasteiger partial charge in [-0.15, -0.1) is 16.7 Å². The van der Waals surface area contributed by atoms with Gasteiger partial charge < -0.3 is 0 Å². The third-order valence-corrected chi connectivity index (χ3v) is 2.19. The van der Waals surface area contributed by atoms with Crippen LogP contribution in [-0.2, 0) is 5.88 Å². The Balaban J connectivity index is 2.41. The van der Waals surface area contributed by atoms with E-state index in [0.29, 0.717) is 11.7 Å². The maximum absolute atomic E-state index is 5.62. The van der Waals surface area contributed by atoms with Crippen LogP contribution >= 0.6 is 11.6 Å². The Morgan fingerprint density at radius 2 is 2.07 bits per heavy atom. The molecule has 0 amide bonds. The maximum atomic E-state index is 5.62. The lowest BCUT2D eigenvalue weighted by molar-refractivity contribution is 0.793. The molecule has 2 heterocycles. The van der Waals surface area contributed by atoms with E-state index in [-0.39, 0.29) is 0 Å². The SMILES string of the molecule is Cc1nc(C)n(-c2cnc(CCl)cn2)n1. The third-order valence-electron chi connectivity index (χ3n) is 1.92. The fraction of sp³-hybridized carbons (Fsp3) is 0.333. The molecule has 0 spiro atoms. The predicted molar refractivity (Wildman–Crippen MR) is 56.0 cm³/mol. The molecule has 0 aliphatic carbocycles. The average Bonchev–Trinajstić information content (AvgIpc) is 2.58. The van der Waals surface area contributed by atoms with E-state index in [1.165, 1.54) is 0 Å². The maximum Gasteiger partial charge on any atom is 0.174 e. The molecule has 2 aromatic heterocycles. The van der Waals surface area contributed by atoms with E-state index in [1.807, 2.05) is 13.8 Å². The number of nitrogens with zero attached hydrogens (tertiary/aromatic N) is 5. The van der Waals surface area contributed by atoms with Crippen molar-refractivity contribution in [3.63, 3.8) is 0 Å². The number of aryl methyl sites for hydroxylation is 2. The van der Waals surface area contributed by atoms with Gasteiger partial charge in [0.25, 0.3) is 0 Å². The van der Waals surface area contributed by atoms with Crippen molar-refractivity contribution in [3.05, 3.63) is 29.7 Å². The van der Waals surface area contributed by atoms with Crippen molar-refractivity contribution in [2.24, 2.45) is 0 Å². The minimum Gasteiger partial charge on any atom is -0.254 e. The fourth-order valence-electron chi connectivity index (χ4n) is 1.26. The topological polar surface area (TPSA) is 56.5 Å². The zero-order valence-corrected chi connectivity index (χ0v) is 9.23. The van der Waals surface area contributed by atoms with Gasteiger partial charge in [-0.05, 0) is 13.8 Å². The number of halogens is 1. The molecule has 0 aliphatic rings. The zero-order chi connectivity index (χ0) is 10.8. The largest absolute Gasteiger partial charge is 0.254 e. The van der Waals surface area contributed by atoms with Gasteiger partial charge in [-0.3, -0.25) is 4.98 Å². The van der Waals surface area contributed by atoms with Gasteiger partial charge in [0.1, 0.15) is 11.6 Å². The Morgan fingerprint density at radius 1 is 1.27 bits per heavy atom.